The molecule has 2 N–H and O–H groups in total. The number of fused-ring (bicyclic) bond motifs is 2. The highest BCUT2D eigenvalue weighted by atomic mass is 16.5. The Kier molecular flexibility index (Phi) is 6.47. The molecular formula is C26H28N6O3. The average molecular weight is 473 g/mol. The Morgan fingerprint density at radius 1 is 1.00 bits per heavy atom. The van der Waals surface area contributed by atoms with Gasteiger partial charge >= 0.3 is 0 Å². The largest absolute Gasteiger partial charge is 0.493 e. The molecule has 0 saturated carbocycles. The van der Waals surface area contributed by atoms with E-state index in [1.165, 1.54) is 0 Å². The quantitative estimate of drug-likeness (QED) is 0.347. The topological polar surface area (TPSA) is 101 Å². The van der Waals surface area contributed by atoms with Gasteiger partial charge in [-0.3, -0.25) is 4.79 Å². The van der Waals surface area contributed by atoms with E-state index in [4.69, 9.17) is 19.4 Å². The number of pyridine rings is 1. The minimum Gasteiger partial charge on any atom is -0.493 e. The first-order valence-electron chi connectivity index (χ1n) is 11.7. The number of methoxy groups -OCH3 is 2. The van der Waals surface area contributed by atoms with Crippen LogP contribution in [0.3, 0.4) is 0 Å². The molecule has 4 aromatic rings. The maximum absolute atomic E-state index is 11.9. The minimum absolute atomic E-state index is 0.239. The molecule has 2 aromatic carbocycles. The zero-order valence-corrected chi connectivity index (χ0v) is 19.9. The molecule has 1 aliphatic heterocycles. The predicted octanol–water partition coefficient (Wildman–Crippen LogP) is 4.36. The molecule has 2 aromatic heterocycles. The number of aromatic nitrogens is 3. The maximum atomic E-state index is 11.9. The SMILES string of the molecule is COc1cc2nc(Nc3nccc4ccccc34)nc(NCCCN3CCCC3=O)c2cc1OC. The zero-order chi connectivity index (χ0) is 24.2. The molecular weight excluding hydrogens is 444 g/mol. The summed E-state index contributed by atoms with van der Waals surface area (Å²) in [5, 5.41) is 9.60. The Hall–Kier alpha value is -4.14. The highest BCUT2D eigenvalue weighted by Crippen LogP contribution is 2.35. The number of nitrogens with zero attached hydrogens (tertiary/aromatic N) is 4. The van der Waals surface area contributed by atoms with Gasteiger partial charge in [0.1, 0.15) is 11.6 Å². The summed E-state index contributed by atoms with van der Waals surface area (Å²) >= 11 is 0. The van der Waals surface area contributed by atoms with Crippen LogP contribution in [0, 0.1) is 0 Å². The first kappa shape index (κ1) is 22.6. The molecule has 180 valence electrons. The third-order valence-corrected chi connectivity index (χ3v) is 6.17. The third kappa shape index (κ3) is 4.75. The maximum Gasteiger partial charge on any atom is 0.230 e. The van der Waals surface area contributed by atoms with Crippen LogP contribution < -0.4 is 20.1 Å². The van der Waals surface area contributed by atoms with Gasteiger partial charge in [0.2, 0.25) is 11.9 Å². The van der Waals surface area contributed by atoms with Gasteiger partial charge in [0.25, 0.3) is 0 Å². The van der Waals surface area contributed by atoms with Crippen LogP contribution in [-0.2, 0) is 4.79 Å². The number of benzene rings is 2. The van der Waals surface area contributed by atoms with Crippen molar-refractivity contribution < 1.29 is 14.3 Å². The van der Waals surface area contributed by atoms with Crippen LogP contribution in [0.2, 0.25) is 0 Å². The van der Waals surface area contributed by atoms with Crippen LogP contribution in [-0.4, -0.2) is 59.6 Å². The molecule has 0 unspecified atom stereocenters. The van der Waals surface area contributed by atoms with Gasteiger partial charge in [0.15, 0.2) is 11.5 Å². The van der Waals surface area contributed by atoms with Crippen LogP contribution in [0.1, 0.15) is 19.3 Å². The fraction of sp³-hybridized carbons (Fsp3) is 0.308. The highest BCUT2D eigenvalue weighted by Gasteiger charge is 2.19. The average Bonchev–Trinajstić information content (AvgIpc) is 3.30. The number of carbonyl (C=O) groups excluding carboxylic acids is 1. The molecule has 9 nitrogen and oxygen atoms in total. The smallest absolute Gasteiger partial charge is 0.230 e. The monoisotopic (exact) mass is 472 g/mol. The molecule has 0 radical (unpaired) electrons. The number of anilines is 3. The first-order chi connectivity index (χ1) is 17.2. The second-order valence-electron chi connectivity index (χ2n) is 8.39. The van der Waals surface area contributed by atoms with Gasteiger partial charge in [-0.1, -0.05) is 24.3 Å². The van der Waals surface area contributed by atoms with Crippen molar-refractivity contribution in [2.24, 2.45) is 0 Å². The Morgan fingerprint density at radius 3 is 2.63 bits per heavy atom. The predicted molar refractivity (Wildman–Crippen MR) is 137 cm³/mol. The van der Waals surface area contributed by atoms with Crippen molar-refractivity contribution in [3.8, 4) is 11.5 Å². The number of likely N-dealkylation sites (tertiary alicyclic amines) is 1. The van der Waals surface area contributed by atoms with Gasteiger partial charge in [0.05, 0.1) is 19.7 Å². The van der Waals surface area contributed by atoms with Crippen molar-refractivity contribution in [1.82, 2.24) is 19.9 Å². The molecule has 3 heterocycles. The number of amides is 1. The van der Waals surface area contributed by atoms with Gasteiger partial charge in [0, 0.05) is 49.1 Å². The first-order valence-corrected chi connectivity index (χ1v) is 11.7. The normalized spacial score (nSPS) is 13.4. The summed E-state index contributed by atoms with van der Waals surface area (Å²) in [4.78, 5) is 27.8. The number of ether oxygens (including phenoxy) is 2. The lowest BCUT2D eigenvalue weighted by Gasteiger charge is -2.17. The van der Waals surface area contributed by atoms with E-state index in [1.54, 1.807) is 20.4 Å². The van der Waals surface area contributed by atoms with Gasteiger partial charge in [-0.05, 0) is 30.4 Å². The van der Waals surface area contributed by atoms with Crippen molar-refractivity contribution in [3.63, 3.8) is 0 Å². The summed E-state index contributed by atoms with van der Waals surface area (Å²) in [6.45, 7) is 2.24. The number of hydrogen-bond donors (Lipinski definition) is 2. The van der Waals surface area contributed by atoms with Gasteiger partial charge in [-0.15, -0.1) is 0 Å². The van der Waals surface area contributed by atoms with Crippen LogP contribution in [0.5, 0.6) is 11.5 Å². The van der Waals surface area contributed by atoms with E-state index in [1.807, 2.05) is 47.4 Å². The number of hydrogen-bond acceptors (Lipinski definition) is 8. The summed E-state index contributed by atoms with van der Waals surface area (Å²) in [7, 11) is 3.20. The molecule has 5 rings (SSSR count). The van der Waals surface area contributed by atoms with E-state index in [2.05, 4.69) is 15.6 Å². The molecule has 35 heavy (non-hydrogen) atoms. The van der Waals surface area contributed by atoms with Crippen LogP contribution >= 0.6 is 0 Å². The lowest BCUT2D eigenvalue weighted by molar-refractivity contribution is -0.127. The van der Waals surface area contributed by atoms with E-state index in [0.29, 0.717) is 47.6 Å². The fourth-order valence-corrected chi connectivity index (χ4v) is 4.39. The van der Waals surface area contributed by atoms with Gasteiger partial charge < -0.3 is 25.0 Å². The lowest BCUT2D eigenvalue weighted by Crippen LogP contribution is -2.27. The van der Waals surface area contributed by atoms with Crippen molar-refractivity contribution in [3.05, 3.63) is 48.7 Å². The zero-order valence-electron chi connectivity index (χ0n) is 19.9. The molecule has 0 atom stereocenters. The fourth-order valence-electron chi connectivity index (χ4n) is 4.39. The summed E-state index contributed by atoms with van der Waals surface area (Å²) in [6, 6.07) is 13.7. The number of rotatable bonds is 9. The Bertz CT molecular complexity index is 1370. The molecule has 0 bridgehead atoms. The number of carbonyl (C=O) groups is 1. The van der Waals surface area contributed by atoms with Crippen LogP contribution in [0.25, 0.3) is 21.7 Å². The van der Waals surface area contributed by atoms with Gasteiger partial charge in [-0.25, -0.2) is 9.97 Å². The molecule has 1 aliphatic rings. The van der Waals surface area contributed by atoms with E-state index >= 15 is 0 Å². The Balaban J connectivity index is 1.46. The Labute approximate surface area is 203 Å². The van der Waals surface area contributed by atoms with Crippen molar-refractivity contribution >= 4 is 45.2 Å². The van der Waals surface area contributed by atoms with E-state index in [0.717, 1.165) is 42.1 Å². The van der Waals surface area contributed by atoms with Gasteiger partial charge in [-0.2, -0.15) is 4.98 Å². The third-order valence-electron chi connectivity index (χ3n) is 6.17. The van der Waals surface area contributed by atoms with E-state index in [9.17, 15) is 4.79 Å². The lowest BCUT2D eigenvalue weighted by atomic mass is 10.1. The van der Waals surface area contributed by atoms with Crippen LogP contribution in [0.15, 0.2) is 48.7 Å². The van der Waals surface area contributed by atoms with Crippen LogP contribution in [0.4, 0.5) is 17.6 Å². The highest BCUT2D eigenvalue weighted by molar-refractivity contribution is 5.95. The van der Waals surface area contributed by atoms with Crippen molar-refractivity contribution in [2.75, 3.05) is 44.5 Å². The van der Waals surface area contributed by atoms with Crippen molar-refractivity contribution in [1.29, 1.82) is 0 Å². The molecule has 1 amide bonds. The van der Waals surface area contributed by atoms with E-state index in [-0.39, 0.29) is 5.91 Å². The molecule has 1 fully saturated rings. The molecule has 0 spiro atoms. The summed E-state index contributed by atoms with van der Waals surface area (Å²) < 4.78 is 11.0. The van der Waals surface area contributed by atoms with E-state index < -0.39 is 0 Å². The minimum atomic E-state index is 0.239. The molecule has 0 aliphatic carbocycles. The summed E-state index contributed by atoms with van der Waals surface area (Å²) in [5.41, 5.74) is 0.706. The second kappa shape index (κ2) is 10.0. The van der Waals surface area contributed by atoms with Crippen molar-refractivity contribution in [2.45, 2.75) is 19.3 Å². The molecule has 1 saturated heterocycles. The second-order valence-corrected chi connectivity index (χ2v) is 8.39. The number of nitrogens with one attached hydrogen (secondary N) is 2. The Morgan fingerprint density at radius 2 is 1.83 bits per heavy atom. The summed E-state index contributed by atoms with van der Waals surface area (Å²) in [5.74, 6) is 3.21. The summed E-state index contributed by atoms with van der Waals surface area (Å²) in [6.07, 6.45) is 4.18. The standard InChI is InChI=1S/C26H28N6O3/c1-34-21-15-19-20(16-22(21)35-2)29-26(30-24-18-8-4-3-7-17(18)10-12-28-24)31-25(19)27-11-6-14-32-13-5-9-23(32)33/h3-4,7-8,10,12,15-16H,5-6,9,11,13-14H2,1-2H3,(H2,27,28,29,30,31). The molecule has 9 heteroatoms.